The van der Waals surface area contributed by atoms with E-state index in [-0.39, 0.29) is 24.6 Å². The van der Waals surface area contributed by atoms with E-state index in [1.165, 1.54) is 19.4 Å². The summed E-state index contributed by atoms with van der Waals surface area (Å²) in [6, 6.07) is 14.4. The number of nitrogens with zero attached hydrogens (tertiary/aromatic N) is 3. The van der Waals surface area contributed by atoms with Crippen LogP contribution in [0.1, 0.15) is 18.4 Å². The molecule has 4 N–H and O–H groups in total. The van der Waals surface area contributed by atoms with Crippen molar-refractivity contribution >= 4 is 39.9 Å². The number of pyridine rings is 1. The number of aryl methyl sites for hydroxylation is 1. The second-order valence-electron chi connectivity index (χ2n) is 9.78. The minimum atomic E-state index is -2.79. The molecule has 0 aliphatic heterocycles. The van der Waals surface area contributed by atoms with Gasteiger partial charge in [0.05, 0.1) is 35.0 Å². The number of amides is 2. The topological polar surface area (TPSA) is 135 Å². The third kappa shape index (κ3) is 5.07. The predicted octanol–water partition coefficient (Wildman–Crippen LogP) is 5.48. The van der Waals surface area contributed by atoms with Crippen LogP contribution >= 0.6 is 0 Å². The second kappa shape index (κ2) is 10.4. The van der Waals surface area contributed by atoms with Gasteiger partial charge in [-0.05, 0) is 41.5 Å². The van der Waals surface area contributed by atoms with Crippen molar-refractivity contribution in [1.82, 2.24) is 9.55 Å². The van der Waals surface area contributed by atoms with Crippen molar-refractivity contribution in [3.63, 3.8) is 0 Å². The third-order valence-corrected chi connectivity index (χ3v) is 7.12. The first-order chi connectivity index (χ1) is 19.6. The summed E-state index contributed by atoms with van der Waals surface area (Å²) in [6.45, 7) is 3.46. The highest BCUT2D eigenvalue weighted by molar-refractivity contribution is 6.11. The van der Waals surface area contributed by atoms with Gasteiger partial charge in [-0.25, -0.2) is 13.8 Å². The van der Waals surface area contributed by atoms with Crippen molar-refractivity contribution in [2.75, 3.05) is 23.5 Å². The van der Waals surface area contributed by atoms with Crippen LogP contribution in [0.2, 0.25) is 0 Å². The lowest BCUT2D eigenvalue weighted by molar-refractivity contribution is -0.117. The number of benzene rings is 2. The number of fused-ring (bicyclic) bond motifs is 1. The minimum absolute atomic E-state index is 0.215. The van der Waals surface area contributed by atoms with Gasteiger partial charge in [-0.2, -0.15) is 5.26 Å². The van der Waals surface area contributed by atoms with Gasteiger partial charge in [0.25, 0.3) is 5.92 Å². The highest BCUT2D eigenvalue weighted by atomic mass is 19.3. The summed E-state index contributed by atoms with van der Waals surface area (Å²) in [5.41, 5.74) is 11.0. The van der Waals surface area contributed by atoms with Crippen LogP contribution < -0.4 is 21.1 Å². The molecule has 11 heteroatoms. The standard InChI is InChI=1S/C30H26F2N6O3/c1-4-23(39)36-20-8-5-16(6-9-20)27-25(26-28(38(27)2)18(14-33)15-35-29(26)34)17-7-10-21(22(11-17)41-3)37-24(40)12-19-13-30(19,31)32/h4-11,15,19H,1,12-13H2,2-3H3,(H2,34,35)(H,36,39)(H,37,40). The fraction of sp³-hybridized carbons (Fsp3) is 0.200. The maximum Gasteiger partial charge on any atom is 0.252 e. The van der Waals surface area contributed by atoms with E-state index < -0.39 is 17.7 Å². The van der Waals surface area contributed by atoms with Crippen molar-refractivity contribution in [3.8, 4) is 34.2 Å². The fourth-order valence-electron chi connectivity index (χ4n) is 4.98. The van der Waals surface area contributed by atoms with Gasteiger partial charge in [-0.3, -0.25) is 9.59 Å². The van der Waals surface area contributed by atoms with E-state index in [9.17, 15) is 23.6 Å². The Kier molecular flexibility index (Phi) is 6.92. The van der Waals surface area contributed by atoms with Crippen LogP contribution in [0, 0.1) is 17.2 Å². The summed E-state index contributed by atoms with van der Waals surface area (Å²) in [5.74, 6) is -4.08. The molecule has 41 heavy (non-hydrogen) atoms. The lowest BCUT2D eigenvalue weighted by Gasteiger charge is -2.14. The van der Waals surface area contributed by atoms with E-state index in [0.717, 1.165) is 5.56 Å². The molecule has 5 rings (SSSR count). The summed E-state index contributed by atoms with van der Waals surface area (Å²) in [7, 11) is 3.25. The number of nitrogen functional groups attached to an aromatic ring is 1. The molecule has 0 spiro atoms. The number of hydrogen-bond acceptors (Lipinski definition) is 6. The first-order valence-corrected chi connectivity index (χ1v) is 12.6. The summed E-state index contributed by atoms with van der Waals surface area (Å²) in [5, 5.41) is 15.8. The zero-order valence-electron chi connectivity index (χ0n) is 22.3. The van der Waals surface area contributed by atoms with Crippen LogP contribution in [-0.2, 0) is 16.6 Å². The molecule has 1 unspecified atom stereocenters. The molecular formula is C30H26F2N6O3. The van der Waals surface area contributed by atoms with Gasteiger partial charge < -0.3 is 25.7 Å². The number of nitriles is 1. The molecule has 9 nitrogen and oxygen atoms in total. The fourth-order valence-corrected chi connectivity index (χ4v) is 4.98. The van der Waals surface area contributed by atoms with E-state index in [1.807, 2.05) is 23.7 Å². The Morgan fingerprint density at radius 3 is 2.54 bits per heavy atom. The highest BCUT2D eigenvalue weighted by Crippen LogP contribution is 2.51. The van der Waals surface area contributed by atoms with Gasteiger partial charge in [0.2, 0.25) is 11.8 Å². The summed E-state index contributed by atoms with van der Waals surface area (Å²) >= 11 is 0. The van der Waals surface area contributed by atoms with Crippen LogP contribution in [0.15, 0.2) is 61.3 Å². The maximum absolute atomic E-state index is 13.3. The number of nitrogens with one attached hydrogen (secondary N) is 2. The van der Waals surface area contributed by atoms with Crippen LogP contribution in [0.4, 0.5) is 26.0 Å². The third-order valence-electron chi connectivity index (χ3n) is 7.12. The van der Waals surface area contributed by atoms with Crippen molar-refractivity contribution in [2.45, 2.75) is 18.8 Å². The molecule has 1 aliphatic carbocycles. The van der Waals surface area contributed by atoms with Crippen LogP contribution in [0.5, 0.6) is 5.75 Å². The molecule has 0 saturated heterocycles. The second-order valence-corrected chi connectivity index (χ2v) is 9.78. The van der Waals surface area contributed by atoms with E-state index in [0.29, 0.717) is 50.4 Å². The molecule has 0 radical (unpaired) electrons. The summed E-state index contributed by atoms with van der Waals surface area (Å²) in [4.78, 5) is 28.4. The van der Waals surface area contributed by atoms with E-state index in [2.05, 4.69) is 28.3 Å². The number of nitrogens with two attached hydrogens (primary N) is 1. The van der Waals surface area contributed by atoms with E-state index in [4.69, 9.17) is 10.5 Å². The van der Waals surface area contributed by atoms with Crippen LogP contribution in [-0.4, -0.2) is 34.4 Å². The van der Waals surface area contributed by atoms with Crippen molar-refractivity contribution in [2.24, 2.45) is 13.0 Å². The number of rotatable bonds is 8. The number of methoxy groups -OCH3 is 1. The Labute approximate surface area is 234 Å². The van der Waals surface area contributed by atoms with Gasteiger partial charge in [0.15, 0.2) is 0 Å². The first kappa shape index (κ1) is 27.3. The van der Waals surface area contributed by atoms with Gasteiger partial charge in [-0.1, -0.05) is 24.8 Å². The van der Waals surface area contributed by atoms with E-state index in [1.54, 1.807) is 30.3 Å². The monoisotopic (exact) mass is 556 g/mol. The SMILES string of the molecule is C=CC(=O)Nc1ccc(-c2c(-c3ccc(NC(=O)CC4CC4(F)F)c(OC)c3)c3c(N)ncc(C#N)c3n2C)cc1. The Hall–Kier alpha value is -5.24. The van der Waals surface area contributed by atoms with Crippen LogP contribution in [0.25, 0.3) is 33.3 Å². The smallest absolute Gasteiger partial charge is 0.252 e. The average Bonchev–Trinajstić information content (AvgIpc) is 3.43. The number of carbonyl (C=O) groups excluding carboxylic acids is 2. The van der Waals surface area contributed by atoms with Gasteiger partial charge in [0, 0.05) is 43.3 Å². The Morgan fingerprint density at radius 2 is 1.93 bits per heavy atom. The molecular weight excluding hydrogens is 530 g/mol. The van der Waals surface area contributed by atoms with Crippen molar-refractivity contribution in [1.29, 1.82) is 5.26 Å². The molecule has 1 aliphatic rings. The molecule has 0 bridgehead atoms. The number of aromatic nitrogens is 2. The predicted molar refractivity (Wildman–Crippen MR) is 152 cm³/mol. The van der Waals surface area contributed by atoms with Gasteiger partial charge in [-0.15, -0.1) is 0 Å². The molecule has 2 heterocycles. The van der Waals surface area contributed by atoms with Gasteiger partial charge >= 0.3 is 0 Å². The van der Waals surface area contributed by atoms with Crippen LogP contribution in [0.3, 0.4) is 0 Å². The largest absolute Gasteiger partial charge is 0.495 e. The number of ether oxygens (including phenoxy) is 1. The average molecular weight is 557 g/mol. The zero-order chi connectivity index (χ0) is 29.5. The molecule has 1 fully saturated rings. The summed E-state index contributed by atoms with van der Waals surface area (Å²) in [6.07, 6.45) is 2.02. The Morgan fingerprint density at radius 1 is 1.24 bits per heavy atom. The maximum atomic E-state index is 13.3. The normalized spacial score (nSPS) is 15.1. The molecule has 2 amide bonds. The molecule has 4 aromatic rings. The van der Waals surface area contributed by atoms with Crippen molar-refractivity contribution < 1.29 is 23.1 Å². The molecule has 2 aromatic carbocycles. The molecule has 208 valence electrons. The Balaban J connectivity index is 1.63. The molecule has 2 aromatic heterocycles. The lowest BCUT2D eigenvalue weighted by Crippen LogP contribution is -2.14. The number of anilines is 3. The number of alkyl halides is 2. The first-order valence-electron chi connectivity index (χ1n) is 12.6. The minimum Gasteiger partial charge on any atom is -0.495 e. The molecule has 1 saturated carbocycles. The zero-order valence-corrected chi connectivity index (χ0v) is 22.3. The lowest BCUT2D eigenvalue weighted by atomic mass is 9.97. The van der Waals surface area contributed by atoms with Crippen molar-refractivity contribution in [3.05, 3.63) is 66.9 Å². The summed E-state index contributed by atoms with van der Waals surface area (Å²) < 4.78 is 34.0. The van der Waals surface area contributed by atoms with E-state index >= 15 is 0 Å². The number of carbonyl (C=O) groups is 2. The highest BCUT2D eigenvalue weighted by Gasteiger charge is 2.57. The number of halogens is 2. The quantitative estimate of drug-likeness (QED) is 0.246. The molecule has 1 atom stereocenters. The number of hydrogen-bond donors (Lipinski definition) is 3. The van der Waals surface area contributed by atoms with Gasteiger partial charge in [0.1, 0.15) is 17.6 Å². The Bertz CT molecular complexity index is 1760.